The smallest absolute Gasteiger partial charge is 0.307 e. The second-order valence-corrected chi connectivity index (χ2v) is 39.2. The molecule has 0 saturated carbocycles. The number of benzene rings is 3. The van der Waals surface area contributed by atoms with Gasteiger partial charge < -0.3 is 82.0 Å². The highest BCUT2D eigenvalue weighted by molar-refractivity contribution is 6.20. The van der Waals surface area contributed by atoms with Crippen LogP contribution in [0.25, 0.3) is 0 Å². The van der Waals surface area contributed by atoms with Crippen molar-refractivity contribution < 1.29 is 125 Å². The van der Waals surface area contributed by atoms with Crippen molar-refractivity contribution in [1.82, 2.24) is 34.5 Å². The van der Waals surface area contributed by atoms with E-state index in [1.54, 1.807) is 86.0 Å². The third kappa shape index (κ3) is 39.4. The minimum Gasteiger partial charge on any atom is -0.481 e. The Balaban J connectivity index is 0.000000588. The minimum absolute atomic E-state index is 0.00424. The molecule has 0 aromatic heterocycles. The van der Waals surface area contributed by atoms with Gasteiger partial charge in [0.25, 0.3) is 11.8 Å². The van der Waals surface area contributed by atoms with Crippen LogP contribution in [0.1, 0.15) is 206 Å². The number of Topliss-reactive ketones (excluding diaryl/α,β-unsaturated/α-hetero) is 4. The third-order valence-electron chi connectivity index (χ3n) is 28.1. The number of amides is 6. The van der Waals surface area contributed by atoms with Gasteiger partial charge >= 0.3 is 11.9 Å². The summed E-state index contributed by atoms with van der Waals surface area (Å²) in [4.78, 5) is 184. The fraction of sp³-hybridized carbons (Fsp3) is 0.717. The van der Waals surface area contributed by atoms with Crippen LogP contribution in [0.4, 0.5) is 0 Å². The molecule has 6 rings (SSSR count). The molecule has 2 fully saturated rings. The summed E-state index contributed by atoms with van der Waals surface area (Å²) in [7, 11) is 13.4. The molecule has 8 N–H and O–H groups in total. The van der Waals surface area contributed by atoms with Crippen LogP contribution in [0.2, 0.25) is 0 Å². The summed E-state index contributed by atoms with van der Waals surface area (Å²) in [6, 6.07) is 22.4. The largest absolute Gasteiger partial charge is 0.481 e. The zero-order valence-electron chi connectivity index (χ0n) is 89.0. The van der Waals surface area contributed by atoms with Gasteiger partial charge in [-0.3, -0.25) is 83.9 Å². The molecule has 142 heavy (non-hydrogen) atoms. The summed E-state index contributed by atoms with van der Waals surface area (Å²) in [5, 5.41) is 20.8. The molecule has 0 unspecified atom stereocenters. The first-order valence-electron chi connectivity index (χ1n) is 50.7. The van der Waals surface area contributed by atoms with Gasteiger partial charge in [0.2, 0.25) is 23.6 Å². The highest BCUT2D eigenvalue weighted by atomic mass is 16.7. The van der Waals surface area contributed by atoms with Crippen LogP contribution in [0.15, 0.2) is 84.9 Å². The number of likely N-dealkylation sites (tertiary alicyclic amines) is 2. The number of methoxy groups -OCH3 is 4. The maximum Gasteiger partial charge on any atom is 0.307 e. The maximum absolute atomic E-state index is 14.7. The van der Waals surface area contributed by atoms with Gasteiger partial charge in [0.1, 0.15) is 11.6 Å². The van der Waals surface area contributed by atoms with E-state index in [1.165, 1.54) is 14.2 Å². The van der Waals surface area contributed by atoms with Crippen LogP contribution in [0.5, 0.6) is 0 Å². The SMILES string of the molecule is CC[C@H](C)[C@@H]([C@@H](CC(=O)N1CCC[C@H]1[C@H](OC)[C@@H](C)C(=O)C[C@@H](Cc1ccccc1)C(=O)O)OC)N(C)C(=O)[C@@H](CC(=O)[C@H](C(C)C)N(C)CCOCCOCCOCCON)C(C)C.CC[C@H](C)[C@@H]([C@@H](CC(=O)N1CCC[C@H]1[C@H](OC)[C@@H](C)C(=O)C[C@@H](Cc1ccccc1)C(=O)O)OC)N(C)C(=O)[C@@H](CC(=O)[C@H](C(C)C)N(C)CCOCCOCCOCCON1C(=O)c2ccccc2C1=O)C(C)C.NN. The normalized spacial score (nSPS) is 17.8. The lowest BCUT2D eigenvalue weighted by atomic mass is 9.83. The first kappa shape index (κ1) is 126. The number of nitrogens with two attached hydrogens (primary N) is 3. The number of ether oxygens (including phenoxy) is 10. The molecule has 2 saturated heterocycles. The first-order chi connectivity index (χ1) is 67.7. The Morgan fingerprint density at radius 1 is 0.408 bits per heavy atom. The standard InChI is InChI=1S/C57H86N4O14.C49H84N4O12.H4N2/c1-12-39(6)52(49(70-10)36-50(64)60-24-18-23-46(60)53(71-11)40(7)47(62)34-42(57(68)69)33-41-19-14-13-15-20-41)59(9)54(65)45(37(2)3)35-48(63)51(38(4)5)58(8)25-26-72-27-28-73-29-30-74-31-32-75-61-55(66)43-21-16-17-22-44(43)56(61)67;1-12-35(6)46(52(9)48(57)39(33(2)3)31-42(55)45(34(4)5)51(8)21-22-62-23-24-63-25-26-64-27-28-65-50)43(60-10)32-44(56)53-20-16-19-40(53)47(61-11)36(7)41(54)30-38(49(58)59)29-37-17-14-13-15-18-37;1-2/h13-17,19-22,37-40,42,45-46,49,51-53H,12,18,23-36H2,1-11H3,(H,68,69);13-15,17-18,33-36,38-40,43,45-47H,12,16,19-32,50H2,1-11H3,(H,58,59);1-2H2/t39-,40-,42+,45-,46-,49+,51-,52-,53+;35-,36-,38+,39-,40-,43+,45-,46-,47+;/m00./s1. The van der Waals surface area contributed by atoms with Gasteiger partial charge in [-0.15, -0.1) is 5.06 Å². The number of hydrogen-bond donors (Lipinski definition) is 5. The van der Waals surface area contributed by atoms with Crippen molar-refractivity contribution in [3.63, 3.8) is 0 Å². The van der Waals surface area contributed by atoms with E-state index in [0.717, 1.165) is 29.0 Å². The molecular weight excluding hydrogens is 1830 g/mol. The highest BCUT2D eigenvalue weighted by Gasteiger charge is 2.48. The maximum atomic E-state index is 14.7. The summed E-state index contributed by atoms with van der Waals surface area (Å²) in [5.41, 5.74) is 2.30. The molecule has 0 radical (unpaired) electrons. The Kier molecular flexibility index (Phi) is 59.8. The van der Waals surface area contributed by atoms with Crippen LogP contribution in [-0.2, 0) is 118 Å². The number of carboxylic acid groups (broad SMARTS) is 2. The molecule has 3 heterocycles. The number of ketones is 4. The van der Waals surface area contributed by atoms with Crippen molar-refractivity contribution in [3.8, 4) is 0 Å². The predicted octanol–water partition coefficient (Wildman–Crippen LogP) is 10.0. The first-order valence-corrected chi connectivity index (χ1v) is 50.7. The summed E-state index contributed by atoms with van der Waals surface area (Å²) >= 11 is 0. The molecule has 804 valence electrons. The van der Waals surface area contributed by atoms with E-state index in [4.69, 9.17) is 58.1 Å². The molecule has 0 bridgehead atoms. The Labute approximate surface area is 844 Å². The Hall–Kier alpha value is -8.38. The van der Waals surface area contributed by atoms with E-state index in [0.29, 0.717) is 136 Å². The Bertz CT molecular complexity index is 4200. The summed E-state index contributed by atoms with van der Waals surface area (Å²) < 4.78 is 57.7. The molecule has 0 spiro atoms. The van der Waals surface area contributed by atoms with E-state index in [1.807, 2.05) is 168 Å². The van der Waals surface area contributed by atoms with Crippen molar-refractivity contribution in [1.29, 1.82) is 0 Å². The van der Waals surface area contributed by atoms with Crippen molar-refractivity contribution in [3.05, 3.63) is 107 Å². The number of hydroxylamine groups is 2. The predicted molar refractivity (Wildman–Crippen MR) is 539 cm³/mol. The van der Waals surface area contributed by atoms with Crippen LogP contribution in [-0.4, -0.2) is 351 Å². The van der Waals surface area contributed by atoms with Gasteiger partial charge in [-0.25, -0.2) is 5.90 Å². The summed E-state index contributed by atoms with van der Waals surface area (Å²) in [6.07, 6.45) is 1.67. The van der Waals surface area contributed by atoms with Crippen molar-refractivity contribution in [2.75, 3.05) is 175 Å². The third-order valence-corrected chi connectivity index (χ3v) is 28.1. The highest BCUT2D eigenvalue weighted by Crippen LogP contribution is 2.37. The van der Waals surface area contributed by atoms with Gasteiger partial charge in [0.15, 0.2) is 11.6 Å². The van der Waals surface area contributed by atoms with Gasteiger partial charge in [-0.05, 0) is 111 Å². The van der Waals surface area contributed by atoms with Gasteiger partial charge in [0, 0.05) is 118 Å². The number of nitrogens with zero attached hydrogens (tertiary/aromatic N) is 7. The summed E-state index contributed by atoms with van der Waals surface area (Å²) in [5.74, 6) is 3.86. The van der Waals surface area contributed by atoms with Crippen molar-refractivity contribution in [2.24, 2.45) is 88.6 Å². The number of likely N-dealkylation sites (N-methyl/N-ethyl adjacent to an activating group) is 4. The molecule has 36 nitrogen and oxygen atoms in total. The Morgan fingerprint density at radius 3 is 1.02 bits per heavy atom. The molecule has 6 amide bonds. The lowest BCUT2D eigenvalue weighted by molar-refractivity contribution is -0.149. The molecule has 36 heteroatoms. The molecule has 3 aliphatic heterocycles. The van der Waals surface area contributed by atoms with E-state index in [-0.39, 0.29) is 153 Å². The monoisotopic (exact) mass is 2000 g/mol. The van der Waals surface area contributed by atoms with Crippen LogP contribution in [0, 0.1) is 71.0 Å². The van der Waals surface area contributed by atoms with Gasteiger partial charge in [-0.2, -0.15) is 0 Å². The van der Waals surface area contributed by atoms with E-state index in [2.05, 4.69) is 16.5 Å². The van der Waals surface area contributed by atoms with Crippen LogP contribution >= 0.6 is 0 Å². The number of hydrazine groups is 1. The number of imide groups is 1. The quantitative estimate of drug-likeness (QED) is 0.0152. The lowest BCUT2D eigenvalue weighted by Crippen LogP contribution is -2.54. The van der Waals surface area contributed by atoms with E-state index < -0.39 is 120 Å². The fourth-order valence-corrected chi connectivity index (χ4v) is 19.9. The average Bonchev–Trinajstić information content (AvgIpc) is 1.56. The molecular formula is C106H174N10O26. The minimum atomic E-state index is -1.04. The molecule has 3 aromatic carbocycles. The zero-order valence-corrected chi connectivity index (χ0v) is 89.0. The topological polar surface area (TPSA) is 457 Å². The van der Waals surface area contributed by atoms with Crippen molar-refractivity contribution in [2.45, 2.75) is 247 Å². The number of carbonyl (C=O) groups excluding carboxylic acids is 10. The lowest BCUT2D eigenvalue weighted by Gasteiger charge is -2.41. The number of fused-ring (bicyclic) bond motifs is 1. The number of hydrogen-bond acceptors (Lipinski definition) is 29. The number of rotatable bonds is 71. The number of aliphatic carboxylic acids is 2. The number of carbonyl (C=O) groups is 12. The van der Waals surface area contributed by atoms with Crippen LogP contribution < -0.4 is 17.6 Å². The van der Waals surface area contributed by atoms with Crippen LogP contribution in [0.3, 0.4) is 0 Å². The zero-order chi connectivity index (χ0) is 106. The fourth-order valence-electron chi connectivity index (χ4n) is 19.9. The van der Waals surface area contributed by atoms with Gasteiger partial charge in [-0.1, -0.05) is 183 Å². The molecule has 18 atom stereocenters. The van der Waals surface area contributed by atoms with E-state index >= 15 is 0 Å². The van der Waals surface area contributed by atoms with E-state index in [9.17, 15) is 67.7 Å². The second-order valence-electron chi connectivity index (χ2n) is 39.2. The molecule has 3 aliphatic rings. The Morgan fingerprint density at radius 2 is 0.725 bits per heavy atom. The van der Waals surface area contributed by atoms with Gasteiger partial charge in [0.05, 0.1) is 189 Å². The molecule has 0 aliphatic carbocycles. The average molecular weight is 2000 g/mol. The summed E-state index contributed by atoms with van der Waals surface area (Å²) in [6.45, 7) is 34.0. The number of carboxylic acids is 2. The van der Waals surface area contributed by atoms with Crippen molar-refractivity contribution >= 4 is 70.5 Å². The molecule has 3 aromatic rings. The second kappa shape index (κ2) is 67.4.